The number of methoxy groups -OCH3 is 2. The zero-order chi connectivity index (χ0) is 24.5. The van der Waals surface area contributed by atoms with Crippen molar-refractivity contribution in [3.8, 4) is 11.5 Å². The fraction of sp³-hybridized carbons (Fsp3) is 0.423. The summed E-state index contributed by atoms with van der Waals surface area (Å²) in [6.45, 7) is 5.13. The summed E-state index contributed by atoms with van der Waals surface area (Å²) in [5.41, 5.74) is 2.29. The summed E-state index contributed by atoms with van der Waals surface area (Å²) in [5, 5.41) is 0.385. The number of benzene rings is 2. The lowest BCUT2D eigenvalue weighted by molar-refractivity contribution is -0.119. The highest BCUT2D eigenvalue weighted by atomic mass is 16.5. The fourth-order valence-corrected chi connectivity index (χ4v) is 4.99. The number of ether oxygens (including phenoxy) is 3. The van der Waals surface area contributed by atoms with E-state index in [9.17, 15) is 9.59 Å². The molecule has 0 radical (unpaired) electrons. The van der Waals surface area contributed by atoms with Crippen LogP contribution in [0.15, 0.2) is 41.2 Å². The van der Waals surface area contributed by atoms with Gasteiger partial charge >= 0.3 is 0 Å². The highest BCUT2D eigenvalue weighted by molar-refractivity contribution is 5.96. The van der Waals surface area contributed by atoms with Gasteiger partial charge in [-0.3, -0.25) is 19.1 Å². The Morgan fingerprint density at radius 1 is 1.11 bits per heavy atom. The molecule has 0 bridgehead atoms. The van der Waals surface area contributed by atoms with Crippen molar-refractivity contribution in [2.24, 2.45) is 0 Å². The second-order valence-electron chi connectivity index (χ2n) is 8.98. The van der Waals surface area contributed by atoms with Gasteiger partial charge in [0.1, 0.15) is 12.4 Å². The van der Waals surface area contributed by atoms with Gasteiger partial charge in [0, 0.05) is 30.9 Å². The van der Waals surface area contributed by atoms with Gasteiger partial charge in [0.2, 0.25) is 5.91 Å². The summed E-state index contributed by atoms with van der Waals surface area (Å²) in [5.74, 6) is 1.36. The number of nitrogens with zero attached hydrogens (tertiary/aromatic N) is 4. The Labute approximate surface area is 203 Å². The number of morpholine rings is 1. The number of hydrogen-bond donors (Lipinski definition) is 0. The van der Waals surface area contributed by atoms with Gasteiger partial charge < -0.3 is 19.1 Å². The molecule has 35 heavy (non-hydrogen) atoms. The first-order valence-electron chi connectivity index (χ1n) is 11.9. The highest BCUT2D eigenvalue weighted by Crippen LogP contribution is 2.33. The molecule has 2 aliphatic heterocycles. The predicted octanol–water partition coefficient (Wildman–Crippen LogP) is 2.22. The van der Waals surface area contributed by atoms with E-state index < -0.39 is 0 Å². The minimum absolute atomic E-state index is 0.0241. The maximum Gasteiger partial charge on any atom is 0.262 e. The van der Waals surface area contributed by atoms with Gasteiger partial charge in [-0.25, -0.2) is 4.98 Å². The summed E-state index contributed by atoms with van der Waals surface area (Å²) in [6.07, 6.45) is 0.796. The van der Waals surface area contributed by atoms with Gasteiger partial charge in [-0.05, 0) is 31.0 Å². The van der Waals surface area contributed by atoms with Crippen molar-refractivity contribution in [2.75, 3.05) is 45.4 Å². The third-order valence-electron chi connectivity index (χ3n) is 6.78. The third-order valence-corrected chi connectivity index (χ3v) is 6.78. The molecule has 9 nitrogen and oxygen atoms in total. The van der Waals surface area contributed by atoms with Crippen LogP contribution in [-0.2, 0) is 29.0 Å². The van der Waals surface area contributed by atoms with Gasteiger partial charge in [0.25, 0.3) is 5.56 Å². The summed E-state index contributed by atoms with van der Waals surface area (Å²) in [7, 11) is 3.07. The van der Waals surface area contributed by atoms with Crippen molar-refractivity contribution in [1.82, 2.24) is 14.5 Å². The molecule has 0 aliphatic carbocycles. The summed E-state index contributed by atoms with van der Waals surface area (Å²) in [4.78, 5) is 36.2. The van der Waals surface area contributed by atoms with Crippen LogP contribution in [0.3, 0.4) is 0 Å². The van der Waals surface area contributed by atoms with Crippen LogP contribution in [0.2, 0.25) is 0 Å². The average Bonchev–Trinajstić information content (AvgIpc) is 3.22. The smallest absolute Gasteiger partial charge is 0.262 e. The van der Waals surface area contributed by atoms with Crippen LogP contribution in [0, 0.1) is 0 Å². The Kier molecular flexibility index (Phi) is 6.44. The summed E-state index contributed by atoms with van der Waals surface area (Å²) < 4.78 is 17.8. The Morgan fingerprint density at radius 3 is 2.57 bits per heavy atom. The molecular weight excluding hydrogens is 448 g/mol. The van der Waals surface area contributed by atoms with Crippen molar-refractivity contribution >= 4 is 22.5 Å². The van der Waals surface area contributed by atoms with Crippen LogP contribution >= 0.6 is 0 Å². The Morgan fingerprint density at radius 2 is 1.83 bits per heavy atom. The van der Waals surface area contributed by atoms with Crippen LogP contribution in [0.5, 0.6) is 11.5 Å². The summed E-state index contributed by atoms with van der Waals surface area (Å²) in [6, 6.07) is 11.3. The second kappa shape index (κ2) is 9.67. The topological polar surface area (TPSA) is 86.1 Å². The number of carbonyl (C=O) groups excluding carboxylic acids is 1. The molecule has 3 heterocycles. The van der Waals surface area contributed by atoms with Crippen LogP contribution in [0.25, 0.3) is 10.9 Å². The molecule has 0 saturated carbocycles. The molecule has 184 valence electrons. The molecule has 2 aliphatic rings. The molecule has 0 unspecified atom stereocenters. The number of fused-ring (bicyclic) bond motifs is 2. The predicted molar refractivity (Wildman–Crippen MR) is 132 cm³/mol. The number of para-hydroxylation sites is 1. The lowest BCUT2D eigenvalue weighted by atomic mass is 10.1. The molecule has 3 aromatic rings. The standard InChI is InChI=1S/C26H30N4O5/c1-17-12-18-6-4-5-7-21(18)30(17)25(31)16-29-24(15-28-8-10-35-11-9-28)27-20-14-23(34-3)22(33-2)13-19(20)26(29)32/h4-7,13-14,17H,8-12,15-16H2,1-3H3/t17-/m0/s1. The van der Waals surface area contributed by atoms with E-state index in [1.54, 1.807) is 24.1 Å². The average molecular weight is 479 g/mol. The van der Waals surface area contributed by atoms with E-state index in [4.69, 9.17) is 19.2 Å². The first kappa shape index (κ1) is 23.3. The highest BCUT2D eigenvalue weighted by Gasteiger charge is 2.31. The van der Waals surface area contributed by atoms with Gasteiger partial charge in [-0.2, -0.15) is 0 Å². The molecule has 2 aromatic carbocycles. The third kappa shape index (κ3) is 4.37. The zero-order valence-corrected chi connectivity index (χ0v) is 20.3. The molecule has 0 N–H and O–H groups in total. The van der Waals surface area contributed by atoms with Gasteiger partial charge in [0.15, 0.2) is 11.5 Å². The van der Waals surface area contributed by atoms with E-state index >= 15 is 0 Å². The molecule has 5 rings (SSSR count). The van der Waals surface area contributed by atoms with E-state index in [1.807, 2.05) is 31.2 Å². The molecule has 1 aromatic heterocycles. The van der Waals surface area contributed by atoms with Gasteiger partial charge in [-0.15, -0.1) is 0 Å². The Hall–Kier alpha value is -3.43. The maximum atomic E-state index is 13.7. The van der Waals surface area contributed by atoms with Crippen molar-refractivity contribution in [1.29, 1.82) is 0 Å². The van der Waals surface area contributed by atoms with Gasteiger partial charge in [0.05, 0.1) is 44.9 Å². The molecule has 1 amide bonds. The summed E-state index contributed by atoms with van der Waals surface area (Å²) >= 11 is 0. The van der Waals surface area contributed by atoms with Crippen LogP contribution in [0.4, 0.5) is 5.69 Å². The van der Waals surface area contributed by atoms with Crippen molar-refractivity contribution < 1.29 is 19.0 Å². The Balaban J connectivity index is 1.57. The number of rotatable bonds is 6. The van der Waals surface area contributed by atoms with Crippen molar-refractivity contribution in [3.05, 3.63) is 58.1 Å². The normalized spacial score (nSPS) is 18.0. The lowest BCUT2D eigenvalue weighted by Gasteiger charge is -2.28. The van der Waals surface area contributed by atoms with E-state index in [-0.39, 0.29) is 24.1 Å². The first-order valence-corrected chi connectivity index (χ1v) is 11.9. The SMILES string of the molecule is COc1cc2nc(CN3CCOCC3)n(CC(=O)N3c4ccccc4C[C@@H]3C)c(=O)c2cc1OC. The van der Waals surface area contributed by atoms with Gasteiger partial charge in [-0.1, -0.05) is 18.2 Å². The van der Waals surface area contributed by atoms with E-state index in [1.165, 1.54) is 11.7 Å². The number of carbonyl (C=O) groups is 1. The minimum atomic E-state index is -0.271. The molecular formula is C26H30N4O5. The largest absolute Gasteiger partial charge is 0.493 e. The van der Waals surface area contributed by atoms with Crippen molar-refractivity contribution in [2.45, 2.75) is 32.5 Å². The number of hydrogen-bond acceptors (Lipinski definition) is 7. The lowest BCUT2D eigenvalue weighted by Crippen LogP contribution is -2.42. The molecule has 1 atom stereocenters. The molecule has 9 heteroatoms. The number of aromatic nitrogens is 2. The number of anilines is 1. The van der Waals surface area contributed by atoms with E-state index in [0.717, 1.165) is 30.8 Å². The molecule has 1 saturated heterocycles. The van der Waals surface area contributed by atoms with E-state index in [0.29, 0.717) is 48.0 Å². The second-order valence-corrected chi connectivity index (χ2v) is 8.98. The molecule has 0 spiro atoms. The number of amides is 1. The zero-order valence-electron chi connectivity index (χ0n) is 20.3. The van der Waals surface area contributed by atoms with Crippen molar-refractivity contribution in [3.63, 3.8) is 0 Å². The van der Waals surface area contributed by atoms with Crippen LogP contribution in [-0.4, -0.2) is 66.9 Å². The van der Waals surface area contributed by atoms with Crippen LogP contribution in [0.1, 0.15) is 18.3 Å². The maximum absolute atomic E-state index is 13.7. The quantitative estimate of drug-likeness (QED) is 0.537. The monoisotopic (exact) mass is 478 g/mol. The fourth-order valence-electron chi connectivity index (χ4n) is 4.99. The van der Waals surface area contributed by atoms with E-state index in [2.05, 4.69) is 4.90 Å². The first-order chi connectivity index (χ1) is 17.0. The molecule has 1 fully saturated rings. The minimum Gasteiger partial charge on any atom is -0.493 e. The van der Waals surface area contributed by atoms with Crippen LogP contribution < -0.4 is 19.9 Å². The Bertz CT molecular complexity index is 1320.